The molecule has 9 nitrogen and oxygen atoms in total. The molecule has 2 amide bonds. The Balaban J connectivity index is 6.85. The lowest BCUT2D eigenvalue weighted by molar-refractivity contribution is -0.0523. The molecule has 0 saturated carbocycles. The van der Waals surface area contributed by atoms with Crippen LogP contribution in [0.15, 0.2) is 0 Å². The van der Waals surface area contributed by atoms with Crippen molar-refractivity contribution in [1.82, 2.24) is 8.02 Å². The lowest BCUT2D eigenvalue weighted by Crippen LogP contribution is -2.57. The minimum Gasteiger partial charge on any atom is -0.245 e. The van der Waals surface area contributed by atoms with Crippen LogP contribution in [0.3, 0.4) is 0 Å². The second kappa shape index (κ2) is 6.28. The average molecular weight is 470 g/mol. The summed E-state index contributed by atoms with van der Waals surface area (Å²) in [6, 6.07) is -3.82. The van der Waals surface area contributed by atoms with E-state index in [0.717, 1.165) is 0 Å². The molecule has 0 aliphatic carbocycles. The summed E-state index contributed by atoms with van der Waals surface area (Å²) < 4.78 is 171. The number of rotatable bonds is 3. The van der Waals surface area contributed by atoms with Crippen LogP contribution in [0.1, 0.15) is 0 Å². The van der Waals surface area contributed by atoms with Gasteiger partial charge >= 0.3 is 52.6 Å². The van der Waals surface area contributed by atoms with Crippen LogP contribution in [0, 0.1) is 0 Å². The van der Waals surface area contributed by atoms with Crippen molar-refractivity contribution in [3.05, 3.63) is 0 Å². The fourth-order valence-electron chi connectivity index (χ4n) is 0.896. The quantitative estimate of drug-likeness (QED) is 0.561. The van der Waals surface area contributed by atoms with Gasteiger partial charge in [-0.2, -0.15) is 64.8 Å². The van der Waals surface area contributed by atoms with Gasteiger partial charge in [0.1, 0.15) is 0 Å². The zero-order chi connectivity index (χ0) is 21.7. The molecule has 0 aromatic rings. The molecule has 0 heterocycles. The van der Waals surface area contributed by atoms with Crippen LogP contribution in [-0.2, 0) is 30.1 Å². The third-order valence-electron chi connectivity index (χ3n) is 2.10. The third kappa shape index (κ3) is 3.92. The molecule has 0 spiro atoms. The first-order chi connectivity index (χ1) is 10.9. The van der Waals surface area contributed by atoms with E-state index in [0.29, 0.717) is 0 Å². The van der Waals surface area contributed by atoms with Crippen LogP contribution in [0.5, 0.6) is 0 Å². The van der Waals surface area contributed by atoms with Crippen LogP contribution < -0.4 is 0 Å². The molecule has 0 radical (unpaired) electrons. The third-order valence-corrected chi connectivity index (χ3v) is 7.10. The van der Waals surface area contributed by atoms with E-state index in [9.17, 15) is 69.6 Å². The van der Waals surface area contributed by atoms with Gasteiger partial charge in [-0.05, 0) is 0 Å². The van der Waals surface area contributed by atoms with Crippen molar-refractivity contribution in [3.63, 3.8) is 0 Å². The van der Waals surface area contributed by atoms with Crippen LogP contribution in [0.25, 0.3) is 0 Å². The first-order valence-electron chi connectivity index (χ1n) is 4.96. The molecule has 0 bridgehead atoms. The van der Waals surface area contributed by atoms with Gasteiger partial charge < -0.3 is 0 Å². The molecule has 0 unspecified atom stereocenters. The Morgan fingerprint density at radius 2 is 0.846 bits per heavy atom. The van der Waals surface area contributed by atoms with E-state index in [1.165, 1.54) is 0 Å². The fourth-order valence-corrected chi connectivity index (χ4v) is 4.17. The van der Waals surface area contributed by atoms with Gasteiger partial charge in [-0.15, -0.1) is 0 Å². The molecule has 0 rings (SSSR count). The SMILES string of the molecule is CN(C(=O)N(S(=O)(=O)C(F)(F)F)S(=O)(=O)C(F)(F)F)S(=O)(=O)C(F)(F)F. The summed E-state index contributed by atoms with van der Waals surface area (Å²) in [5.74, 6) is 0. The first-order valence-corrected chi connectivity index (χ1v) is 9.28. The van der Waals surface area contributed by atoms with E-state index in [4.69, 9.17) is 0 Å². The van der Waals surface area contributed by atoms with Crippen LogP contribution >= 0.6 is 0 Å². The maximum absolute atomic E-state index is 12.4. The van der Waals surface area contributed by atoms with Gasteiger partial charge in [0, 0.05) is 7.05 Å². The topological polar surface area (TPSA) is 126 Å². The molecule has 0 aliphatic heterocycles. The predicted molar refractivity (Wildman–Crippen MR) is 59.9 cm³/mol. The van der Waals surface area contributed by atoms with E-state index < -0.39 is 67.7 Å². The Bertz CT molecular complexity index is 835. The van der Waals surface area contributed by atoms with Crippen LogP contribution in [0.4, 0.5) is 44.3 Å². The summed E-state index contributed by atoms with van der Waals surface area (Å²) >= 11 is 0. The van der Waals surface area contributed by atoms with Gasteiger partial charge in [-0.1, -0.05) is 3.71 Å². The number of sulfonamides is 3. The zero-order valence-corrected chi connectivity index (χ0v) is 13.8. The number of hydrogen-bond acceptors (Lipinski definition) is 7. The molecule has 0 atom stereocenters. The number of alkyl halides is 9. The maximum Gasteiger partial charge on any atom is 0.517 e. The highest BCUT2D eigenvalue weighted by Crippen LogP contribution is 2.37. The second-order valence-electron chi connectivity index (χ2n) is 3.80. The van der Waals surface area contributed by atoms with Gasteiger partial charge in [0.15, 0.2) is 0 Å². The van der Waals surface area contributed by atoms with E-state index in [1.54, 1.807) is 0 Å². The van der Waals surface area contributed by atoms with E-state index in [1.807, 2.05) is 0 Å². The summed E-state index contributed by atoms with van der Waals surface area (Å²) in [5.41, 5.74) is -20.4. The predicted octanol–water partition coefficient (Wildman–Crippen LogP) is 0.889. The number of urea groups is 1. The number of hydrogen-bond donors (Lipinski definition) is 0. The lowest BCUT2D eigenvalue weighted by atomic mass is 11.0. The zero-order valence-electron chi connectivity index (χ0n) is 11.4. The Hall–Kier alpha value is -1.51. The van der Waals surface area contributed by atoms with Gasteiger partial charge in [0.05, 0.1) is 0 Å². The summed E-state index contributed by atoms with van der Waals surface area (Å²) in [6.07, 6.45) is 0. The van der Waals surface area contributed by atoms with Gasteiger partial charge in [-0.25, -0.2) is 9.10 Å². The van der Waals surface area contributed by atoms with Crippen molar-refractivity contribution in [2.75, 3.05) is 7.05 Å². The normalized spacial score (nSPS) is 14.8. The van der Waals surface area contributed by atoms with Gasteiger partial charge in [0.2, 0.25) is 0 Å². The Morgan fingerprint density at radius 1 is 0.615 bits per heavy atom. The highest BCUT2D eigenvalue weighted by atomic mass is 32.3. The van der Waals surface area contributed by atoms with E-state index >= 15 is 0 Å². The van der Waals surface area contributed by atoms with Crippen molar-refractivity contribution >= 4 is 36.1 Å². The van der Waals surface area contributed by atoms with Crippen molar-refractivity contribution in [2.24, 2.45) is 0 Å². The van der Waals surface area contributed by atoms with Crippen LogP contribution in [0.2, 0.25) is 0 Å². The number of carbonyl (C=O) groups is 1. The molecule has 0 aliphatic rings. The number of carbonyl (C=O) groups excluding carboxylic acids is 1. The molecule has 0 aromatic heterocycles. The Labute approximate surface area is 138 Å². The molecular weight excluding hydrogens is 467 g/mol. The van der Waals surface area contributed by atoms with Crippen molar-refractivity contribution in [2.45, 2.75) is 16.5 Å². The minimum absolute atomic E-state index is 0.615. The van der Waals surface area contributed by atoms with E-state index in [2.05, 4.69) is 0 Å². The Morgan fingerprint density at radius 3 is 1.04 bits per heavy atom. The van der Waals surface area contributed by atoms with Gasteiger partial charge in [-0.3, -0.25) is 0 Å². The standard InChI is InChI=1S/C5H3F9N2O7S3/c1-15(24(18,19)3(6,7)8)2(17)16(25(20,21)4(9,10)11)26(22,23)5(12,13)14/h1H3. The molecule has 0 N–H and O–H groups in total. The smallest absolute Gasteiger partial charge is 0.245 e. The first kappa shape index (κ1) is 24.5. The monoisotopic (exact) mass is 470 g/mol. The average Bonchev–Trinajstić information content (AvgIpc) is 2.32. The fraction of sp³-hybridized carbons (Fsp3) is 0.800. The molecule has 156 valence electrons. The number of halogens is 9. The largest absolute Gasteiger partial charge is 0.517 e. The molecule has 0 fully saturated rings. The van der Waals surface area contributed by atoms with Crippen molar-refractivity contribution in [3.8, 4) is 0 Å². The molecule has 0 aromatic carbocycles. The molecule has 21 heteroatoms. The number of nitrogens with zero attached hydrogens (tertiary/aromatic N) is 2. The molecular formula is C5H3F9N2O7S3. The van der Waals surface area contributed by atoms with E-state index in [-0.39, 0.29) is 0 Å². The second-order valence-corrected chi connectivity index (χ2v) is 9.55. The highest BCUT2D eigenvalue weighted by molar-refractivity contribution is 8.05. The van der Waals surface area contributed by atoms with Gasteiger partial charge in [0.25, 0.3) is 0 Å². The summed E-state index contributed by atoms with van der Waals surface area (Å²) in [4.78, 5) is 11.3. The molecule has 0 saturated heterocycles. The molecule has 26 heavy (non-hydrogen) atoms. The highest BCUT2D eigenvalue weighted by Gasteiger charge is 2.65. The summed E-state index contributed by atoms with van der Waals surface area (Å²) in [6.45, 7) is 0. The van der Waals surface area contributed by atoms with Crippen molar-refractivity contribution < 1.29 is 69.6 Å². The minimum atomic E-state index is -7.83. The van der Waals surface area contributed by atoms with Crippen molar-refractivity contribution in [1.29, 1.82) is 0 Å². The summed E-state index contributed by atoms with van der Waals surface area (Å²) in [5, 5.41) is 0. The number of amides is 2. The maximum atomic E-state index is 12.4. The van der Waals surface area contributed by atoms with Crippen LogP contribution in [-0.4, -0.2) is 62.9 Å². The Kier molecular flexibility index (Phi) is 5.92. The lowest BCUT2D eigenvalue weighted by Gasteiger charge is -2.27. The summed E-state index contributed by atoms with van der Waals surface area (Å²) in [7, 11) is -23.3.